The Morgan fingerprint density at radius 1 is 0.625 bits per heavy atom. The Balaban J connectivity index is 0.000000368. The molecule has 0 fully saturated rings. The molecule has 0 unspecified atom stereocenters. The molecule has 0 spiro atoms. The van der Waals surface area contributed by atoms with Gasteiger partial charge >= 0.3 is 0 Å². The smallest absolute Gasteiger partial charge is 0.0660 e. The second-order valence-corrected chi connectivity index (χ2v) is 10.2. The van der Waals surface area contributed by atoms with Crippen LogP contribution in [0.3, 0.4) is 0 Å². The van der Waals surface area contributed by atoms with E-state index in [0.717, 1.165) is 0 Å². The summed E-state index contributed by atoms with van der Waals surface area (Å²) in [5.74, 6) is 0. The summed E-state index contributed by atoms with van der Waals surface area (Å²) < 4.78 is -0.188. The van der Waals surface area contributed by atoms with E-state index in [2.05, 4.69) is 107 Å². The monoisotopic (exact) mass is 399 g/mol. The van der Waals surface area contributed by atoms with E-state index >= 15 is 0 Å². The van der Waals surface area contributed by atoms with E-state index in [4.69, 9.17) is 5.73 Å². The van der Waals surface area contributed by atoms with Crippen molar-refractivity contribution < 1.29 is 0 Å². The van der Waals surface area contributed by atoms with Crippen molar-refractivity contribution in [3.63, 3.8) is 0 Å². The molecule has 0 amide bonds. The summed E-state index contributed by atoms with van der Waals surface area (Å²) in [6.07, 6.45) is 0. The normalized spacial score (nSPS) is 10.9. The van der Waals surface area contributed by atoms with Crippen LogP contribution in [0, 0.1) is 0 Å². The van der Waals surface area contributed by atoms with Gasteiger partial charge in [0.05, 0.1) is 4.45 Å². The van der Waals surface area contributed by atoms with Crippen molar-refractivity contribution in [2.75, 3.05) is 0 Å². The summed E-state index contributed by atoms with van der Waals surface area (Å²) in [5.41, 5.74) is 5.27. The van der Waals surface area contributed by atoms with Gasteiger partial charge in [0.25, 0.3) is 0 Å². The molecule has 0 heterocycles. The Labute approximate surface area is 154 Å². The minimum absolute atomic E-state index is 0.188. The van der Waals surface area contributed by atoms with Gasteiger partial charge in [0.1, 0.15) is 0 Å². The summed E-state index contributed by atoms with van der Waals surface area (Å²) in [7, 11) is -0.446. The third kappa shape index (κ3) is 6.57. The predicted molar refractivity (Wildman–Crippen MR) is 112 cm³/mol. The quantitative estimate of drug-likeness (QED) is 0.391. The van der Waals surface area contributed by atoms with Gasteiger partial charge in [-0.15, -0.1) is 0 Å². The molecule has 0 saturated carbocycles. The van der Waals surface area contributed by atoms with Gasteiger partial charge in [-0.05, 0) is 37.7 Å². The first-order valence-electron chi connectivity index (χ1n) is 7.88. The van der Waals surface area contributed by atoms with Crippen LogP contribution in [0.15, 0.2) is 91.0 Å². The van der Waals surface area contributed by atoms with Crippen molar-refractivity contribution in [2.24, 2.45) is 5.73 Å². The average molecular weight is 400 g/mol. The van der Waals surface area contributed by atoms with E-state index in [1.54, 1.807) is 0 Å². The Morgan fingerprint density at radius 2 is 0.833 bits per heavy atom. The molecule has 0 aromatic heterocycles. The number of benzene rings is 3. The zero-order valence-electron chi connectivity index (χ0n) is 14.1. The van der Waals surface area contributed by atoms with Crippen molar-refractivity contribution in [1.82, 2.24) is 0 Å². The predicted octanol–water partition coefficient (Wildman–Crippen LogP) is 4.52. The highest BCUT2D eigenvalue weighted by atomic mass is 79.9. The molecular formula is C21H23BrNP. The number of hydrogen-bond donors (Lipinski definition) is 1. The molecule has 0 saturated heterocycles. The van der Waals surface area contributed by atoms with E-state index in [1.807, 2.05) is 13.8 Å². The number of rotatable bonds is 3. The number of halogens is 1. The molecule has 3 rings (SSSR count). The Bertz CT molecular complexity index is 609. The molecule has 2 N–H and O–H groups in total. The molecule has 124 valence electrons. The first-order valence-corrected chi connectivity index (χ1v) is 10.0. The van der Waals surface area contributed by atoms with E-state index in [1.165, 1.54) is 15.9 Å². The van der Waals surface area contributed by atoms with Gasteiger partial charge < -0.3 is 5.73 Å². The largest absolute Gasteiger partial charge is 0.317 e. The topological polar surface area (TPSA) is 26.0 Å². The van der Waals surface area contributed by atoms with Crippen LogP contribution in [0.5, 0.6) is 0 Å². The van der Waals surface area contributed by atoms with Crippen molar-refractivity contribution in [1.29, 1.82) is 0 Å². The van der Waals surface area contributed by atoms with E-state index in [-0.39, 0.29) is 4.45 Å². The van der Waals surface area contributed by atoms with Crippen molar-refractivity contribution in [2.45, 2.75) is 18.3 Å². The lowest BCUT2D eigenvalue weighted by molar-refractivity contribution is 0.778. The van der Waals surface area contributed by atoms with Crippen LogP contribution < -0.4 is 21.6 Å². The molecular weight excluding hydrogens is 377 g/mol. The third-order valence-electron chi connectivity index (χ3n) is 3.04. The fraction of sp³-hybridized carbons (Fsp3) is 0.143. The molecule has 3 heteroatoms. The first-order chi connectivity index (χ1) is 11.4. The van der Waals surface area contributed by atoms with E-state index in [9.17, 15) is 0 Å². The van der Waals surface area contributed by atoms with Gasteiger partial charge in [-0.1, -0.05) is 107 Å². The number of nitrogens with two attached hydrogens (primary N) is 1. The molecule has 0 atom stereocenters. The van der Waals surface area contributed by atoms with Gasteiger partial charge in [-0.25, -0.2) is 0 Å². The molecule has 24 heavy (non-hydrogen) atoms. The van der Waals surface area contributed by atoms with Crippen molar-refractivity contribution >= 4 is 39.8 Å². The first kappa shape index (κ1) is 18.9. The minimum atomic E-state index is -0.446. The Hall–Kier alpha value is -1.47. The number of hydrogen-bond acceptors (Lipinski definition) is 1. The fourth-order valence-electron chi connectivity index (χ4n) is 2.18. The highest BCUT2D eigenvalue weighted by Gasteiger charge is 2.14. The van der Waals surface area contributed by atoms with Gasteiger partial charge in [0.2, 0.25) is 0 Å². The van der Waals surface area contributed by atoms with Crippen LogP contribution in [0.4, 0.5) is 0 Å². The molecule has 0 radical (unpaired) electrons. The highest BCUT2D eigenvalue weighted by molar-refractivity contribution is 9.10. The maximum absolute atomic E-state index is 5.27. The Morgan fingerprint density at radius 3 is 1.04 bits per heavy atom. The van der Waals surface area contributed by atoms with Crippen LogP contribution in [0.2, 0.25) is 0 Å². The SMILES string of the molecule is CC(C)(N)Br.c1ccc(P(c2ccccc2)c2ccccc2)cc1. The lowest BCUT2D eigenvalue weighted by atomic mass is 10.4. The lowest BCUT2D eigenvalue weighted by Gasteiger charge is -2.18. The van der Waals surface area contributed by atoms with Crippen molar-refractivity contribution in [3.8, 4) is 0 Å². The zero-order chi connectivity index (χ0) is 17.4. The van der Waals surface area contributed by atoms with E-state index < -0.39 is 7.92 Å². The summed E-state index contributed by atoms with van der Waals surface area (Å²) >= 11 is 3.15. The summed E-state index contributed by atoms with van der Waals surface area (Å²) in [4.78, 5) is 0. The maximum atomic E-state index is 5.27. The zero-order valence-corrected chi connectivity index (χ0v) is 16.5. The lowest BCUT2D eigenvalue weighted by Crippen LogP contribution is -2.21. The highest BCUT2D eigenvalue weighted by Crippen LogP contribution is 2.32. The maximum Gasteiger partial charge on any atom is 0.0660 e. The van der Waals surface area contributed by atoms with Crippen LogP contribution in [0.1, 0.15) is 13.8 Å². The molecule has 3 aromatic carbocycles. The van der Waals surface area contributed by atoms with Gasteiger partial charge in [0, 0.05) is 0 Å². The van der Waals surface area contributed by atoms with Crippen LogP contribution in [0.25, 0.3) is 0 Å². The summed E-state index contributed by atoms with van der Waals surface area (Å²) in [5, 5.41) is 4.19. The second kappa shape index (κ2) is 9.13. The van der Waals surface area contributed by atoms with Gasteiger partial charge in [0.15, 0.2) is 0 Å². The minimum Gasteiger partial charge on any atom is -0.317 e. The van der Waals surface area contributed by atoms with Gasteiger partial charge in [-0.3, -0.25) is 0 Å². The molecule has 0 aliphatic heterocycles. The second-order valence-electron chi connectivity index (χ2n) is 5.91. The van der Waals surface area contributed by atoms with Crippen molar-refractivity contribution in [3.05, 3.63) is 91.0 Å². The van der Waals surface area contributed by atoms with Crippen LogP contribution in [-0.4, -0.2) is 4.45 Å². The van der Waals surface area contributed by atoms with Crippen LogP contribution in [-0.2, 0) is 0 Å². The molecule has 3 aromatic rings. The summed E-state index contributed by atoms with van der Waals surface area (Å²) in [6, 6.07) is 32.3. The molecule has 1 nitrogen and oxygen atoms in total. The van der Waals surface area contributed by atoms with Crippen LogP contribution >= 0.6 is 23.9 Å². The standard InChI is InChI=1S/C18H15P.C3H8BrN/c1-4-10-16(11-5-1)19(17-12-6-2-7-13-17)18-14-8-3-9-15-18;1-3(2,4)5/h1-15H;5H2,1-2H3. The Kier molecular flexibility index (Phi) is 7.17. The summed E-state index contributed by atoms with van der Waals surface area (Å²) in [6.45, 7) is 3.76. The fourth-order valence-corrected chi connectivity index (χ4v) is 4.48. The number of alkyl halides is 1. The molecule has 0 aliphatic carbocycles. The van der Waals surface area contributed by atoms with Gasteiger partial charge in [-0.2, -0.15) is 0 Å². The average Bonchev–Trinajstić information content (AvgIpc) is 2.57. The molecule has 0 aliphatic rings. The third-order valence-corrected chi connectivity index (χ3v) is 5.49. The molecule has 0 bridgehead atoms. The van der Waals surface area contributed by atoms with E-state index in [0.29, 0.717) is 0 Å².